The van der Waals surface area contributed by atoms with Crippen molar-refractivity contribution in [2.45, 2.75) is 70.9 Å². The van der Waals surface area contributed by atoms with Crippen LogP contribution in [0.3, 0.4) is 0 Å². The summed E-state index contributed by atoms with van der Waals surface area (Å²) in [4.78, 5) is 29.3. The Labute approximate surface area is 234 Å². The van der Waals surface area contributed by atoms with E-state index in [1.807, 2.05) is 36.4 Å². The number of halogens is 2. The summed E-state index contributed by atoms with van der Waals surface area (Å²) < 4.78 is 2.76. The van der Waals surface area contributed by atoms with Crippen LogP contribution in [0.4, 0.5) is 0 Å². The molecule has 0 bridgehead atoms. The van der Waals surface area contributed by atoms with Gasteiger partial charge in [0.05, 0.1) is 0 Å². The first-order valence-corrected chi connectivity index (χ1v) is 18.6. The SMILES string of the molecule is CCC(CC)CI1CC[C@@H](CNC(=O)c2ccc3cc(Cl)ccc3c2)N[C@@H](CCN2CCCCC2)C1=O. The summed E-state index contributed by atoms with van der Waals surface area (Å²) in [6.07, 6.45) is 8.09. The number of amides is 1. The van der Waals surface area contributed by atoms with E-state index in [-0.39, 0.29) is 18.0 Å². The van der Waals surface area contributed by atoms with Crippen molar-refractivity contribution in [3.05, 3.63) is 47.0 Å². The molecule has 2 aliphatic heterocycles. The molecule has 0 spiro atoms. The average Bonchev–Trinajstić information content (AvgIpc) is 3.07. The van der Waals surface area contributed by atoms with Gasteiger partial charge in [0.15, 0.2) is 0 Å². The summed E-state index contributed by atoms with van der Waals surface area (Å²) >= 11 is 4.38. The molecule has 2 heterocycles. The third-order valence-corrected chi connectivity index (χ3v) is 14.7. The molecule has 0 aromatic heterocycles. The number of nitrogens with one attached hydrogen (secondary N) is 2. The Balaban J connectivity index is 1.40. The topological polar surface area (TPSA) is 61.4 Å². The molecule has 2 saturated heterocycles. The van der Waals surface area contributed by atoms with Crippen molar-refractivity contribution in [3.63, 3.8) is 0 Å². The van der Waals surface area contributed by atoms with Crippen LogP contribution in [-0.2, 0) is 4.79 Å². The zero-order valence-corrected chi connectivity index (χ0v) is 25.3. The first kappa shape index (κ1) is 28.8. The summed E-state index contributed by atoms with van der Waals surface area (Å²) in [5.74, 6) is 0.613. The number of benzene rings is 2. The number of piperidine rings is 1. The Morgan fingerprint density at radius 1 is 1.11 bits per heavy atom. The van der Waals surface area contributed by atoms with Gasteiger partial charge in [-0.1, -0.05) is 11.6 Å². The van der Waals surface area contributed by atoms with Gasteiger partial charge in [-0.25, -0.2) is 0 Å². The van der Waals surface area contributed by atoms with Crippen molar-refractivity contribution in [1.29, 1.82) is 0 Å². The minimum atomic E-state index is -1.72. The Kier molecular flexibility index (Phi) is 11.1. The van der Waals surface area contributed by atoms with Crippen molar-refractivity contribution >= 4 is 51.9 Å². The molecule has 2 N–H and O–H groups in total. The van der Waals surface area contributed by atoms with Crippen LogP contribution in [0.1, 0.15) is 69.2 Å². The second-order valence-electron chi connectivity index (χ2n) is 10.6. The summed E-state index contributed by atoms with van der Waals surface area (Å²) in [6, 6.07) is 11.5. The molecule has 2 fully saturated rings. The van der Waals surface area contributed by atoms with E-state index >= 15 is 0 Å². The Bertz CT molecular complexity index is 1050. The van der Waals surface area contributed by atoms with Crippen LogP contribution < -0.4 is 10.6 Å². The zero-order valence-electron chi connectivity index (χ0n) is 22.4. The fourth-order valence-corrected chi connectivity index (χ4v) is 12.8. The third-order valence-electron chi connectivity index (χ3n) is 7.98. The van der Waals surface area contributed by atoms with E-state index in [1.54, 1.807) is 0 Å². The maximum absolute atomic E-state index is 13.7. The molecule has 2 aromatic rings. The molecular weight excluding hydrogens is 597 g/mol. The monoisotopic (exact) mass is 639 g/mol. The Morgan fingerprint density at radius 3 is 2.59 bits per heavy atom. The van der Waals surface area contributed by atoms with Gasteiger partial charge in [0.1, 0.15) is 0 Å². The van der Waals surface area contributed by atoms with Crippen LogP contribution in [0.5, 0.6) is 0 Å². The molecule has 7 heteroatoms. The van der Waals surface area contributed by atoms with Crippen LogP contribution in [0.2, 0.25) is 5.02 Å². The first-order chi connectivity index (χ1) is 18.0. The van der Waals surface area contributed by atoms with E-state index in [4.69, 9.17) is 11.6 Å². The maximum atomic E-state index is 13.7. The summed E-state index contributed by atoms with van der Waals surface area (Å²) in [5.41, 5.74) is 0.656. The molecule has 0 radical (unpaired) electrons. The van der Waals surface area contributed by atoms with Gasteiger partial charge >= 0.3 is 224 Å². The minimum absolute atomic E-state index is 0.0590. The van der Waals surface area contributed by atoms with Crippen molar-refractivity contribution in [3.8, 4) is 0 Å². The number of hydrogen-bond acceptors (Lipinski definition) is 4. The summed E-state index contributed by atoms with van der Waals surface area (Å²) in [5, 5.41) is 9.61. The number of likely N-dealkylation sites (tertiary alicyclic amines) is 1. The van der Waals surface area contributed by atoms with Crippen LogP contribution in [0, 0.1) is 5.92 Å². The van der Waals surface area contributed by atoms with Crippen molar-refractivity contribution in [2.24, 2.45) is 5.92 Å². The molecule has 2 atom stereocenters. The molecule has 1 amide bonds. The molecule has 0 aliphatic carbocycles. The van der Waals surface area contributed by atoms with E-state index in [0.29, 0.717) is 26.8 Å². The van der Waals surface area contributed by atoms with Crippen LogP contribution in [0.25, 0.3) is 10.8 Å². The number of nitrogens with zero attached hydrogens (tertiary/aromatic N) is 1. The average molecular weight is 640 g/mol. The van der Waals surface area contributed by atoms with E-state index in [1.165, 1.54) is 32.1 Å². The second-order valence-corrected chi connectivity index (χ2v) is 16.7. The molecule has 4 rings (SSSR count). The van der Waals surface area contributed by atoms with Crippen LogP contribution in [0.15, 0.2) is 36.4 Å². The number of hydrogen-bond donors (Lipinski definition) is 2. The fourth-order valence-electron chi connectivity index (χ4n) is 5.43. The van der Waals surface area contributed by atoms with Gasteiger partial charge in [0.25, 0.3) is 0 Å². The van der Waals surface area contributed by atoms with E-state index in [0.717, 1.165) is 52.1 Å². The summed E-state index contributed by atoms with van der Waals surface area (Å²) in [6.45, 7) is 8.40. The van der Waals surface area contributed by atoms with Crippen molar-refractivity contribution in [1.82, 2.24) is 15.5 Å². The normalized spacial score (nSPS) is 22.4. The zero-order chi connectivity index (χ0) is 26.2. The molecule has 0 saturated carbocycles. The molecule has 0 unspecified atom stereocenters. The Morgan fingerprint density at radius 2 is 1.84 bits per heavy atom. The molecule has 2 aromatic carbocycles. The van der Waals surface area contributed by atoms with Gasteiger partial charge in [0, 0.05) is 0 Å². The van der Waals surface area contributed by atoms with Crippen LogP contribution >= 0.6 is 31.4 Å². The standard InChI is InChI=1S/C30H43ClIN3O2/c1-3-22(4-2)20-32-14-12-27(34-28(29(32)36)13-17-35-15-6-5-7-16-35)21-33-30(37)25-9-8-24-19-26(31)11-10-23(24)18-25/h8-11,18-19,22,27-28,34H,3-7,12-17,20-21H2,1-2H3,(H,33,37)/t27-,28-/m0/s1. The van der Waals surface area contributed by atoms with Gasteiger partial charge < -0.3 is 0 Å². The summed E-state index contributed by atoms with van der Waals surface area (Å²) in [7, 11) is 0. The number of alkyl halides is 2. The molecular formula is C30H43ClIN3O2. The number of carbonyl (C=O) groups is 2. The van der Waals surface area contributed by atoms with E-state index in [2.05, 4.69) is 29.4 Å². The van der Waals surface area contributed by atoms with Gasteiger partial charge in [-0.2, -0.15) is 0 Å². The van der Waals surface area contributed by atoms with Crippen LogP contribution in [-0.4, -0.2) is 61.7 Å². The van der Waals surface area contributed by atoms with Gasteiger partial charge in [0.2, 0.25) is 0 Å². The van der Waals surface area contributed by atoms with Gasteiger partial charge in [-0.3, -0.25) is 0 Å². The fraction of sp³-hybridized carbons (Fsp3) is 0.600. The number of fused-ring (bicyclic) bond motifs is 1. The predicted octanol–water partition coefficient (Wildman–Crippen LogP) is 6.30. The Hall–Kier alpha value is -1.22. The van der Waals surface area contributed by atoms with Crippen molar-refractivity contribution in [2.75, 3.05) is 35.0 Å². The predicted molar refractivity (Wildman–Crippen MR) is 164 cm³/mol. The van der Waals surface area contributed by atoms with Crippen molar-refractivity contribution < 1.29 is 9.59 Å². The molecule has 5 nitrogen and oxygen atoms in total. The van der Waals surface area contributed by atoms with Gasteiger partial charge in [-0.15, -0.1) is 0 Å². The van der Waals surface area contributed by atoms with E-state index in [9.17, 15) is 9.59 Å². The molecule has 37 heavy (non-hydrogen) atoms. The third kappa shape index (κ3) is 8.13. The molecule has 204 valence electrons. The van der Waals surface area contributed by atoms with E-state index < -0.39 is 19.8 Å². The van der Waals surface area contributed by atoms with Gasteiger partial charge in [-0.05, 0) is 0 Å². The second kappa shape index (κ2) is 14.2. The first-order valence-electron chi connectivity index (χ1n) is 14.1. The molecule has 2 aliphatic rings. The quantitative estimate of drug-likeness (QED) is 0.182. The number of rotatable bonds is 10. The number of carbonyl (C=O) groups excluding carboxylic acids is 2.